The van der Waals surface area contributed by atoms with Crippen LogP contribution in [0, 0.1) is 0 Å². The summed E-state index contributed by atoms with van der Waals surface area (Å²) in [5, 5.41) is 0. The predicted molar refractivity (Wildman–Crippen MR) is 146 cm³/mol. The summed E-state index contributed by atoms with van der Waals surface area (Å²) in [6, 6.07) is 0. The quantitative estimate of drug-likeness (QED) is 0.144. The van der Waals surface area contributed by atoms with Crippen molar-refractivity contribution in [2.45, 2.75) is 112 Å². The molecule has 0 unspecified atom stereocenters. The lowest BCUT2D eigenvalue weighted by atomic mass is 10.1. The highest BCUT2D eigenvalue weighted by Crippen LogP contribution is 2.16. The Bertz CT molecular complexity index is 373. The van der Waals surface area contributed by atoms with E-state index in [0.717, 1.165) is 0 Å². The first-order valence-corrected chi connectivity index (χ1v) is 14.7. The molecule has 3 heteroatoms. The molecule has 0 saturated carbocycles. The molecular weight excluding hydrogens is 390 g/mol. The van der Waals surface area contributed by atoms with Gasteiger partial charge in [-0.05, 0) is 32.1 Å². The predicted octanol–water partition coefficient (Wildman–Crippen LogP) is 7.11. The second-order valence-corrected chi connectivity index (χ2v) is 11.8. The van der Waals surface area contributed by atoms with Crippen LogP contribution in [-0.4, -0.2) is 93.5 Å². The first-order valence-electron chi connectivity index (χ1n) is 14.7. The number of rotatable bonds is 23. The molecule has 0 N–H and O–H groups in total. The molecule has 0 aliphatic rings. The maximum atomic E-state index is 2.57. The molecule has 0 aromatic rings. The van der Waals surface area contributed by atoms with Gasteiger partial charge < -0.3 is 13.4 Å². The monoisotopic (exact) mass is 457 g/mol. The van der Waals surface area contributed by atoms with E-state index in [-0.39, 0.29) is 0 Å². The lowest BCUT2D eigenvalue weighted by Crippen LogP contribution is -2.52. The molecule has 3 nitrogen and oxygen atoms in total. The summed E-state index contributed by atoms with van der Waals surface area (Å²) in [5.74, 6) is 0. The summed E-state index contributed by atoms with van der Waals surface area (Å²) in [6.07, 6.45) is 16.3. The highest BCUT2D eigenvalue weighted by Gasteiger charge is 2.27. The van der Waals surface area contributed by atoms with Gasteiger partial charge in [0.2, 0.25) is 0 Å². The van der Waals surface area contributed by atoms with Crippen molar-refractivity contribution in [1.29, 1.82) is 0 Å². The van der Waals surface area contributed by atoms with Gasteiger partial charge in [-0.15, -0.1) is 0 Å². The Labute approximate surface area is 205 Å². The average molecular weight is 457 g/mol. The van der Waals surface area contributed by atoms with Gasteiger partial charge in [-0.3, -0.25) is 0 Å². The molecule has 0 bridgehead atoms. The minimum atomic E-state index is 1.30. The van der Waals surface area contributed by atoms with Crippen molar-refractivity contribution < 1.29 is 13.4 Å². The molecule has 0 aromatic heterocycles. The van der Waals surface area contributed by atoms with Crippen molar-refractivity contribution in [2.24, 2.45) is 0 Å². The SMILES string of the molecule is CCCC[N+](C)(CCCC)CCC[N+](C)(CCCC)CCC[N+](C)(CCCC)CCCC. The molecular formula is C29H66N3+3. The first kappa shape index (κ1) is 31.9. The average Bonchev–Trinajstić information content (AvgIpc) is 2.78. The maximum absolute atomic E-state index is 2.57. The van der Waals surface area contributed by atoms with Crippen LogP contribution >= 0.6 is 0 Å². The number of quaternary nitrogens is 3. The lowest BCUT2D eigenvalue weighted by molar-refractivity contribution is -0.935. The standard InChI is InChI=1S/C29H66N3/c1-9-14-21-30(6,22-15-10-2)26-19-28-32(8,25-18-13-5)29-20-27-31(7,23-16-11-3)24-17-12-4/h9-29H2,1-8H3/q+3. The van der Waals surface area contributed by atoms with Crippen LogP contribution in [-0.2, 0) is 0 Å². The fourth-order valence-corrected chi connectivity index (χ4v) is 5.37. The molecule has 194 valence electrons. The first-order chi connectivity index (χ1) is 15.2. The summed E-state index contributed by atoms with van der Waals surface area (Å²) in [5.41, 5.74) is 0. The van der Waals surface area contributed by atoms with Crippen molar-refractivity contribution in [2.75, 3.05) is 80.0 Å². The van der Waals surface area contributed by atoms with Crippen LogP contribution in [0.25, 0.3) is 0 Å². The van der Waals surface area contributed by atoms with Crippen LogP contribution < -0.4 is 0 Å². The second-order valence-electron chi connectivity index (χ2n) is 11.8. The van der Waals surface area contributed by atoms with Gasteiger partial charge in [-0.25, -0.2) is 0 Å². The van der Waals surface area contributed by atoms with E-state index in [1.807, 2.05) is 0 Å². The fraction of sp³-hybridized carbons (Fsp3) is 1.00. The van der Waals surface area contributed by atoms with Gasteiger partial charge in [0.15, 0.2) is 0 Å². The van der Waals surface area contributed by atoms with E-state index in [0.29, 0.717) is 0 Å². The van der Waals surface area contributed by atoms with Crippen molar-refractivity contribution >= 4 is 0 Å². The molecule has 0 radical (unpaired) electrons. The molecule has 0 fully saturated rings. The van der Waals surface area contributed by atoms with E-state index in [1.165, 1.54) is 149 Å². The number of unbranched alkanes of at least 4 members (excludes halogenated alkanes) is 5. The Morgan fingerprint density at radius 1 is 0.281 bits per heavy atom. The zero-order valence-electron chi connectivity index (χ0n) is 24.2. The summed E-state index contributed by atoms with van der Waals surface area (Å²) >= 11 is 0. The topological polar surface area (TPSA) is 0 Å². The second kappa shape index (κ2) is 18.2. The van der Waals surface area contributed by atoms with E-state index >= 15 is 0 Å². The van der Waals surface area contributed by atoms with Crippen molar-refractivity contribution in [3.8, 4) is 0 Å². The smallest absolute Gasteiger partial charge is 0.0839 e. The van der Waals surface area contributed by atoms with Crippen LogP contribution in [0.4, 0.5) is 0 Å². The molecule has 0 atom stereocenters. The zero-order valence-corrected chi connectivity index (χ0v) is 24.2. The molecule has 0 spiro atoms. The Morgan fingerprint density at radius 3 is 0.594 bits per heavy atom. The number of hydrogen-bond donors (Lipinski definition) is 0. The van der Waals surface area contributed by atoms with Crippen LogP contribution in [0.15, 0.2) is 0 Å². The molecule has 0 saturated heterocycles. The zero-order chi connectivity index (χ0) is 24.3. The Balaban J connectivity index is 4.89. The molecule has 0 aliphatic carbocycles. The van der Waals surface area contributed by atoms with Gasteiger partial charge in [0.25, 0.3) is 0 Å². The van der Waals surface area contributed by atoms with Crippen LogP contribution in [0.3, 0.4) is 0 Å². The molecule has 0 aromatic carbocycles. The molecule has 0 heterocycles. The minimum absolute atomic E-state index is 1.30. The van der Waals surface area contributed by atoms with Crippen molar-refractivity contribution in [3.05, 3.63) is 0 Å². The summed E-state index contributed by atoms with van der Waals surface area (Å²) in [4.78, 5) is 0. The third-order valence-corrected chi connectivity index (χ3v) is 8.05. The molecule has 32 heavy (non-hydrogen) atoms. The van der Waals surface area contributed by atoms with Gasteiger partial charge in [0.05, 0.1) is 80.0 Å². The van der Waals surface area contributed by atoms with Gasteiger partial charge in [0, 0.05) is 12.8 Å². The number of hydrogen-bond acceptors (Lipinski definition) is 0. The minimum Gasteiger partial charge on any atom is -0.326 e. The van der Waals surface area contributed by atoms with Crippen molar-refractivity contribution in [1.82, 2.24) is 0 Å². The molecule has 0 amide bonds. The van der Waals surface area contributed by atoms with Crippen LogP contribution in [0.1, 0.15) is 112 Å². The van der Waals surface area contributed by atoms with E-state index in [1.54, 1.807) is 0 Å². The molecule has 0 rings (SSSR count). The Kier molecular flexibility index (Phi) is 18.2. The van der Waals surface area contributed by atoms with Crippen LogP contribution in [0.5, 0.6) is 0 Å². The van der Waals surface area contributed by atoms with Gasteiger partial charge in [-0.2, -0.15) is 0 Å². The normalized spacial score (nSPS) is 13.1. The van der Waals surface area contributed by atoms with E-state index in [9.17, 15) is 0 Å². The maximum Gasteiger partial charge on any atom is 0.0839 e. The van der Waals surface area contributed by atoms with Gasteiger partial charge in [-0.1, -0.05) is 66.7 Å². The lowest BCUT2D eigenvalue weighted by Gasteiger charge is -2.40. The third kappa shape index (κ3) is 14.9. The summed E-state index contributed by atoms with van der Waals surface area (Å²) in [6.45, 7) is 24.1. The van der Waals surface area contributed by atoms with E-state index in [2.05, 4.69) is 55.8 Å². The highest BCUT2D eigenvalue weighted by molar-refractivity contribution is 4.50. The highest BCUT2D eigenvalue weighted by atomic mass is 15.4. The van der Waals surface area contributed by atoms with Crippen molar-refractivity contribution in [3.63, 3.8) is 0 Å². The van der Waals surface area contributed by atoms with Crippen LogP contribution in [0.2, 0.25) is 0 Å². The third-order valence-electron chi connectivity index (χ3n) is 8.05. The summed E-state index contributed by atoms with van der Waals surface area (Å²) in [7, 11) is 7.64. The Hall–Kier alpha value is -0.120. The van der Waals surface area contributed by atoms with Gasteiger partial charge >= 0.3 is 0 Å². The Morgan fingerprint density at radius 2 is 0.438 bits per heavy atom. The largest absolute Gasteiger partial charge is 0.326 e. The fourth-order valence-electron chi connectivity index (χ4n) is 5.37. The van der Waals surface area contributed by atoms with E-state index in [4.69, 9.17) is 0 Å². The number of nitrogens with zero attached hydrogens (tertiary/aromatic N) is 3. The molecule has 0 aliphatic heterocycles. The van der Waals surface area contributed by atoms with E-state index < -0.39 is 0 Å². The summed E-state index contributed by atoms with van der Waals surface area (Å²) < 4.78 is 3.91. The van der Waals surface area contributed by atoms with Gasteiger partial charge in [0.1, 0.15) is 0 Å².